The number of likely N-dealkylation sites (tertiary alicyclic amines) is 1. The minimum atomic E-state index is 0.220. The van der Waals surface area contributed by atoms with Crippen molar-refractivity contribution in [3.8, 4) is 11.3 Å². The molecule has 0 atom stereocenters. The summed E-state index contributed by atoms with van der Waals surface area (Å²) >= 11 is 0. The van der Waals surface area contributed by atoms with Gasteiger partial charge in [-0.3, -0.25) is 19.4 Å². The van der Waals surface area contributed by atoms with Crippen molar-refractivity contribution in [1.29, 1.82) is 0 Å². The second-order valence-corrected chi connectivity index (χ2v) is 8.04. The molecule has 1 aromatic carbocycles. The van der Waals surface area contributed by atoms with Crippen LogP contribution in [0.3, 0.4) is 0 Å². The molecule has 0 radical (unpaired) electrons. The van der Waals surface area contributed by atoms with Crippen molar-refractivity contribution in [3.05, 3.63) is 42.4 Å². The lowest BCUT2D eigenvalue weighted by atomic mass is 9.84. The molecule has 3 aromatic rings. The summed E-state index contributed by atoms with van der Waals surface area (Å²) in [5, 5.41) is 10.3. The number of hydrogen-bond acceptors (Lipinski definition) is 5. The first-order valence-corrected chi connectivity index (χ1v) is 8.87. The van der Waals surface area contributed by atoms with E-state index in [-0.39, 0.29) is 5.78 Å². The van der Waals surface area contributed by atoms with Crippen molar-refractivity contribution < 1.29 is 4.79 Å². The molecule has 6 heteroatoms. The van der Waals surface area contributed by atoms with Crippen LogP contribution in [0, 0.1) is 5.41 Å². The van der Waals surface area contributed by atoms with Gasteiger partial charge in [-0.05, 0) is 22.9 Å². The van der Waals surface area contributed by atoms with Crippen molar-refractivity contribution in [2.24, 2.45) is 12.5 Å². The third-order valence-corrected chi connectivity index (χ3v) is 4.76. The van der Waals surface area contributed by atoms with Crippen LogP contribution in [0.2, 0.25) is 0 Å². The van der Waals surface area contributed by atoms with E-state index in [0.717, 1.165) is 40.8 Å². The van der Waals surface area contributed by atoms with Gasteiger partial charge in [-0.1, -0.05) is 31.2 Å². The number of hydrogen-bond donors (Lipinski definition) is 0. The number of benzene rings is 1. The number of ketones is 1. The highest BCUT2D eigenvalue weighted by molar-refractivity contribution is 5.88. The Morgan fingerprint density at radius 1 is 1.19 bits per heavy atom. The number of carbonyl (C=O) groups excluding carboxylic acids is 1. The summed E-state index contributed by atoms with van der Waals surface area (Å²) in [6, 6.07) is 8.13. The topological polar surface area (TPSA) is 63.9 Å². The second kappa shape index (κ2) is 6.29. The second-order valence-electron chi connectivity index (χ2n) is 8.04. The van der Waals surface area contributed by atoms with Gasteiger partial charge in [-0.15, -0.1) is 5.10 Å². The van der Waals surface area contributed by atoms with E-state index in [1.54, 1.807) is 4.68 Å². The molecule has 4 rings (SSSR count). The maximum Gasteiger partial charge on any atom is 0.152 e. The maximum absolute atomic E-state index is 12.4. The first-order chi connectivity index (χ1) is 12.4. The SMILES string of the molecule is Cn1cc(-c2ccc3cnc(CC(=O)CN4CC(C)(C)C4)cc3c2)nn1. The standard InChI is InChI=1S/C20H23N5O/c1-20(2)12-25(13-20)10-18(26)8-17-7-16-6-14(4-5-15(16)9-21-17)19-11-24(3)23-22-19/h4-7,9,11H,8,10,12-13H2,1-3H3. The van der Waals surface area contributed by atoms with Gasteiger partial charge in [-0.25, -0.2) is 0 Å². The van der Waals surface area contributed by atoms with Gasteiger partial charge in [0.25, 0.3) is 0 Å². The third-order valence-electron chi connectivity index (χ3n) is 4.76. The molecule has 1 fully saturated rings. The average molecular weight is 349 g/mol. The van der Waals surface area contributed by atoms with Gasteiger partial charge in [0.05, 0.1) is 19.2 Å². The molecule has 6 nitrogen and oxygen atoms in total. The van der Waals surface area contributed by atoms with E-state index < -0.39 is 0 Å². The van der Waals surface area contributed by atoms with Crippen molar-refractivity contribution in [2.45, 2.75) is 20.3 Å². The van der Waals surface area contributed by atoms with Crippen LogP contribution in [0.25, 0.3) is 22.0 Å². The van der Waals surface area contributed by atoms with Crippen LogP contribution in [0.5, 0.6) is 0 Å². The Bertz CT molecular complexity index is 967. The van der Waals surface area contributed by atoms with Gasteiger partial charge in [0.1, 0.15) is 5.69 Å². The summed E-state index contributed by atoms with van der Waals surface area (Å²) < 4.78 is 1.69. The van der Waals surface area contributed by atoms with Crippen LogP contribution in [0.1, 0.15) is 19.5 Å². The number of aryl methyl sites for hydroxylation is 1. The highest BCUT2D eigenvalue weighted by atomic mass is 16.1. The predicted octanol–water partition coefficient (Wildman–Crippen LogP) is 2.48. The molecule has 1 saturated heterocycles. The molecule has 0 aliphatic carbocycles. The van der Waals surface area contributed by atoms with E-state index in [2.05, 4.69) is 40.1 Å². The molecule has 0 bridgehead atoms. The van der Waals surface area contributed by atoms with E-state index >= 15 is 0 Å². The molecule has 1 aliphatic rings. The van der Waals surface area contributed by atoms with E-state index in [4.69, 9.17) is 0 Å². The Hall–Kier alpha value is -2.60. The number of carbonyl (C=O) groups is 1. The molecule has 134 valence electrons. The van der Waals surface area contributed by atoms with Crippen LogP contribution in [-0.2, 0) is 18.3 Å². The molecule has 3 heterocycles. The Morgan fingerprint density at radius 3 is 2.69 bits per heavy atom. The Labute approximate surface area is 152 Å². The van der Waals surface area contributed by atoms with E-state index in [1.165, 1.54) is 0 Å². The lowest BCUT2D eigenvalue weighted by Crippen LogP contribution is -2.54. The van der Waals surface area contributed by atoms with Crippen molar-refractivity contribution >= 4 is 16.6 Å². The quantitative estimate of drug-likeness (QED) is 0.708. The fraction of sp³-hybridized carbons (Fsp3) is 0.400. The zero-order valence-electron chi connectivity index (χ0n) is 15.4. The Morgan fingerprint density at radius 2 is 2.00 bits per heavy atom. The van der Waals surface area contributed by atoms with Gasteiger partial charge in [0.2, 0.25) is 0 Å². The lowest BCUT2D eigenvalue weighted by molar-refractivity contribution is -0.122. The third kappa shape index (κ3) is 3.51. The Balaban J connectivity index is 1.50. The Kier molecular flexibility index (Phi) is 4.07. The molecule has 0 spiro atoms. The minimum absolute atomic E-state index is 0.220. The molecule has 0 amide bonds. The van der Waals surface area contributed by atoms with Crippen molar-refractivity contribution in [3.63, 3.8) is 0 Å². The summed E-state index contributed by atoms with van der Waals surface area (Å²) in [5.41, 5.74) is 3.01. The smallest absolute Gasteiger partial charge is 0.152 e. The molecule has 0 N–H and O–H groups in total. The number of rotatable bonds is 5. The number of nitrogens with zero attached hydrogens (tertiary/aromatic N) is 5. The first kappa shape index (κ1) is 16.8. The van der Waals surface area contributed by atoms with Gasteiger partial charge < -0.3 is 0 Å². The summed E-state index contributed by atoms with van der Waals surface area (Å²) in [6.07, 6.45) is 4.11. The lowest BCUT2D eigenvalue weighted by Gasteiger charge is -2.45. The van der Waals surface area contributed by atoms with Crippen molar-refractivity contribution in [1.82, 2.24) is 24.9 Å². The molecule has 0 unspecified atom stereocenters. The molecular formula is C20H23N5O. The molecule has 1 aliphatic heterocycles. The molecule has 2 aromatic heterocycles. The van der Waals surface area contributed by atoms with Crippen molar-refractivity contribution in [2.75, 3.05) is 19.6 Å². The molecular weight excluding hydrogens is 326 g/mol. The number of pyridine rings is 1. The van der Waals surface area contributed by atoms with Crippen LogP contribution in [0.4, 0.5) is 0 Å². The minimum Gasteiger partial charge on any atom is -0.298 e. The number of fused-ring (bicyclic) bond motifs is 1. The monoisotopic (exact) mass is 349 g/mol. The van der Waals surface area contributed by atoms with Crippen LogP contribution in [-0.4, -0.2) is 50.3 Å². The summed E-state index contributed by atoms with van der Waals surface area (Å²) in [5.74, 6) is 0.220. The normalized spacial score (nSPS) is 16.6. The highest BCUT2D eigenvalue weighted by Gasteiger charge is 2.34. The van der Waals surface area contributed by atoms with Gasteiger partial charge >= 0.3 is 0 Å². The van der Waals surface area contributed by atoms with Crippen LogP contribution >= 0.6 is 0 Å². The molecule has 26 heavy (non-hydrogen) atoms. The number of aromatic nitrogens is 4. The fourth-order valence-corrected chi connectivity index (χ4v) is 3.71. The summed E-state index contributed by atoms with van der Waals surface area (Å²) in [7, 11) is 1.85. The van der Waals surface area contributed by atoms with Crippen LogP contribution < -0.4 is 0 Å². The van der Waals surface area contributed by atoms with E-state index in [0.29, 0.717) is 18.4 Å². The number of Topliss-reactive ketones (excluding diaryl/α,β-unsaturated/α-hetero) is 1. The van der Waals surface area contributed by atoms with E-state index in [9.17, 15) is 4.79 Å². The van der Waals surface area contributed by atoms with Crippen LogP contribution in [0.15, 0.2) is 36.7 Å². The predicted molar refractivity (Wildman–Crippen MR) is 101 cm³/mol. The zero-order valence-corrected chi connectivity index (χ0v) is 15.4. The van der Waals surface area contributed by atoms with Gasteiger partial charge in [0, 0.05) is 43.0 Å². The average Bonchev–Trinajstić information content (AvgIpc) is 2.99. The first-order valence-electron chi connectivity index (χ1n) is 8.87. The summed E-state index contributed by atoms with van der Waals surface area (Å²) in [6.45, 7) is 6.96. The van der Waals surface area contributed by atoms with Gasteiger partial charge in [-0.2, -0.15) is 0 Å². The highest BCUT2D eigenvalue weighted by Crippen LogP contribution is 2.28. The fourth-order valence-electron chi connectivity index (χ4n) is 3.71. The zero-order chi connectivity index (χ0) is 18.3. The van der Waals surface area contributed by atoms with Gasteiger partial charge in [0.15, 0.2) is 5.78 Å². The molecule has 0 saturated carbocycles. The summed E-state index contributed by atoms with van der Waals surface area (Å²) in [4.78, 5) is 19.0. The van der Waals surface area contributed by atoms with E-state index in [1.807, 2.05) is 37.6 Å². The maximum atomic E-state index is 12.4. The largest absolute Gasteiger partial charge is 0.298 e.